The number of carbonyl (C=O) groups is 1. The number of nitrogens with zero attached hydrogens (tertiary/aromatic N) is 1. The van der Waals surface area contributed by atoms with Crippen LogP contribution in [0.1, 0.15) is 27.2 Å². The first kappa shape index (κ1) is 15.2. The highest BCUT2D eigenvalue weighted by molar-refractivity contribution is 5.68. The zero-order valence-electron chi connectivity index (χ0n) is 11.4. The summed E-state index contributed by atoms with van der Waals surface area (Å²) in [6.07, 6.45) is -0.918. The standard InChI is InChI=1S/C12H24N2O4/c1-12(2,3)18-11(16)14-6-7-17-10(8-14)9(15)4-5-13/h9-10,15H,4-8,13H2,1-3H3. The summed E-state index contributed by atoms with van der Waals surface area (Å²) in [5.41, 5.74) is 4.88. The summed E-state index contributed by atoms with van der Waals surface area (Å²) in [4.78, 5) is 13.5. The van der Waals surface area contributed by atoms with E-state index in [0.717, 1.165) is 0 Å². The lowest BCUT2D eigenvalue weighted by Crippen LogP contribution is -2.51. The number of nitrogens with two attached hydrogens (primary N) is 1. The monoisotopic (exact) mass is 260 g/mol. The van der Waals surface area contributed by atoms with Crippen LogP contribution in [0.3, 0.4) is 0 Å². The number of ether oxygens (including phenoxy) is 2. The van der Waals surface area contributed by atoms with Gasteiger partial charge in [0.15, 0.2) is 0 Å². The molecule has 1 amide bonds. The van der Waals surface area contributed by atoms with E-state index < -0.39 is 11.7 Å². The van der Waals surface area contributed by atoms with Crippen molar-refractivity contribution in [1.82, 2.24) is 4.90 Å². The number of morpholine rings is 1. The third-order valence-electron chi connectivity index (χ3n) is 2.64. The molecule has 0 aromatic heterocycles. The normalized spacial score (nSPS) is 22.7. The van der Waals surface area contributed by atoms with Gasteiger partial charge >= 0.3 is 6.09 Å². The summed E-state index contributed by atoms with van der Waals surface area (Å²) in [5, 5.41) is 9.82. The Hall–Kier alpha value is -0.850. The molecule has 0 spiro atoms. The van der Waals surface area contributed by atoms with E-state index in [9.17, 15) is 9.90 Å². The van der Waals surface area contributed by atoms with E-state index in [4.69, 9.17) is 15.2 Å². The van der Waals surface area contributed by atoms with Crippen LogP contribution < -0.4 is 5.73 Å². The van der Waals surface area contributed by atoms with Gasteiger partial charge in [-0.15, -0.1) is 0 Å². The Kier molecular flexibility index (Phi) is 5.37. The van der Waals surface area contributed by atoms with E-state index in [1.54, 1.807) is 4.90 Å². The molecule has 106 valence electrons. The molecule has 0 bridgehead atoms. The lowest BCUT2D eigenvalue weighted by atomic mass is 10.1. The molecule has 1 heterocycles. The third-order valence-corrected chi connectivity index (χ3v) is 2.64. The molecule has 0 saturated carbocycles. The van der Waals surface area contributed by atoms with Gasteiger partial charge in [0.2, 0.25) is 0 Å². The van der Waals surface area contributed by atoms with Gasteiger partial charge in [-0.05, 0) is 33.7 Å². The van der Waals surface area contributed by atoms with Gasteiger partial charge in [0.25, 0.3) is 0 Å². The predicted octanol–water partition coefficient (Wildman–Crippen LogP) is 0.332. The molecule has 1 saturated heterocycles. The number of carbonyl (C=O) groups excluding carboxylic acids is 1. The summed E-state index contributed by atoms with van der Waals surface area (Å²) in [6, 6.07) is 0. The summed E-state index contributed by atoms with van der Waals surface area (Å²) >= 11 is 0. The van der Waals surface area contributed by atoms with Crippen LogP contribution in [0.25, 0.3) is 0 Å². The molecule has 6 heteroatoms. The quantitative estimate of drug-likeness (QED) is 0.764. The second-order valence-corrected chi connectivity index (χ2v) is 5.48. The Labute approximate surface area is 108 Å². The molecule has 0 aromatic rings. The lowest BCUT2D eigenvalue weighted by molar-refractivity contribution is -0.0903. The zero-order chi connectivity index (χ0) is 13.8. The van der Waals surface area contributed by atoms with E-state index in [-0.39, 0.29) is 12.2 Å². The van der Waals surface area contributed by atoms with Crippen LogP contribution in [0, 0.1) is 0 Å². The molecule has 18 heavy (non-hydrogen) atoms. The highest BCUT2D eigenvalue weighted by Gasteiger charge is 2.31. The molecule has 1 aliphatic heterocycles. The van der Waals surface area contributed by atoms with Gasteiger partial charge in [0, 0.05) is 6.54 Å². The lowest BCUT2D eigenvalue weighted by Gasteiger charge is -2.36. The Bertz CT molecular complexity index is 278. The predicted molar refractivity (Wildman–Crippen MR) is 67.2 cm³/mol. The average molecular weight is 260 g/mol. The fourth-order valence-corrected chi connectivity index (χ4v) is 1.76. The average Bonchev–Trinajstić information content (AvgIpc) is 2.27. The zero-order valence-corrected chi connectivity index (χ0v) is 11.4. The van der Waals surface area contributed by atoms with E-state index >= 15 is 0 Å². The van der Waals surface area contributed by atoms with Crippen LogP contribution >= 0.6 is 0 Å². The van der Waals surface area contributed by atoms with Crippen molar-refractivity contribution in [3.8, 4) is 0 Å². The first-order valence-electron chi connectivity index (χ1n) is 6.31. The molecule has 2 atom stereocenters. The number of amides is 1. The van der Waals surface area contributed by atoms with Crippen molar-refractivity contribution >= 4 is 6.09 Å². The fourth-order valence-electron chi connectivity index (χ4n) is 1.76. The largest absolute Gasteiger partial charge is 0.444 e. The minimum absolute atomic E-state index is 0.343. The molecule has 0 radical (unpaired) electrons. The number of hydrogen-bond acceptors (Lipinski definition) is 5. The van der Waals surface area contributed by atoms with Gasteiger partial charge in [-0.2, -0.15) is 0 Å². The smallest absolute Gasteiger partial charge is 0.410 e. The van der Waals surface area contributed by atoms with Crippen molar-refractivity contribution in [1.29, 1.82) is 0 Å². The Balaban J connectivity index is 2.50. The van der Waals surface area contributed by atoms with Crippen molar-refractivity contribution in [2.75, 3.05) is 26.2 Å². The summed E-state index contributed by atoms with van der Waals surface area (Å²) in [6.45, 7) is 7.11. The van der Waals surface area contributed by atoms with Crippen LogP contribution in [-0.2, 0) is 9.47 Å². The maximum atomic E-state index is 11.9. The second kappa shape index (κ2) is 6.36. The van der Waals surface area contributed by atoms with Gasteiger partial charge in [0.05, 0.1) is 19.3 Å². The molecule has 1 rings (SSSR count). The molecule has 3 N–H and O–H groups in total. The minimum Gasteiger partial charge on any atom is -0.444 e. The molecular weight excluding hydrogens is 236 g/mol. The van der Waals surface area contributed by atoms with Gasteiger partial charge in [0.1, 0.15) is 11.7 Å². The SMILES string of the molecule is CC(C)(C)OC(=O)N1CCOC(C(O)CCN)C1. The van der Waals surface area contributed by atoms with Crippen molar-refractivity contribution in [2.24, 2.45) is 5.73 Å². The van der Waals surface area contributed by atoms with E-state index in [1.165, 1.54) is 0 Å². The van der Waals surface area contributed by atoms with E-state index in [0.29, 0.717) is 32.7 Å². The number of aliphatic hydroxyl groups excluding tert-OH is 1. The summed E-state index contributed by atoms with van der Waals surface area (Å²) < 4.78 is 10.7. The Morgan fingerprint density at radius 2 is 2.28 bits per heavy atom. The fraction of sp³-hybridized carbons (Fsp3) is 0.917. The first-order valence-corrected chi connectivity index (χ1v) is 6.31. The summed E-state index contributed by atoms with van der Waals surface area (Å²) in [7, 11) is 0. The number of aliphatic hydroxyl groups is 1. The van der Waals surface area contributed by atoms with Gasteiger partial charge in [-0.1, -0.05) is 0 Å². The Morgan fingerprint density at radius 1 is 1.61 bits per heavy atom. The molecule has 2 unspecified atom stereocenters. The Morgan fingerprint density at radius 3 is 2.83 bits per heavy atom. The number of rotatable bonds is 3. The topological polar surface area (TPSA) is 85.0 Å². The van der Waals surface area contributed by atoms with Crippen LogP contribution in [0.5, 0.6) is 0 Å². The maximum absolute atomic E-state index is 11.9. The van der Waals surface area contributed by atoms with E-state index in [1.807, 2.05) is 20.8 Å². The molecule has 1 fully saturated rings. The molecule has 0 aliphatic carbocycles. The van der Waals surface area contributed by atoms with Crippen molar-refractivity contribution in [3.05, 3.63) is 0 Å². The molecule has 6 nitrogen and oxygen atoms in total. The molecule has 1 aliphatic rings. The van der Waals surface area contributed by atoms with Gasteiger partial charge < -0.3 is 25.2 Å². The van der Waals surface area contributed by atoms with Crippen molar-refractivity contribution in [3.63, 3.8) is 0 Å². The summed E-state index contributed by atoms with van der Waals surface area (Å²) in [5.74, 6) is 0. The minimum atomic E-state index is -0.639. The first-order chi connectivity index (χ1) is 8.33. The number of hydrogen-bond donors (Lipinski definition) is 2. The van der Waals surface area contributed by atoms with Crippen molar-refractivity contribution < 1.29 is 19.4 Å². The molecular formula is C12H24N2O4. The van der Waals surface area contributed by atoms with Gasteiger partial charge in [-0.3, -0.25) is 0 Å². The maximum Gasteiger partial charge on any atom is 0.410 e. The van der Waals surface area contributed by atoms with Crippen molar-refractivity contribution in [2.45, 2.75) is 45.0 Å². The van der Waals surface area contributed by atoms with Crippen LogP contribution in [0.15, 0.2) is 0 Å². The molecule has 0 aromatic carbocycles. The highest BCUT2D eigenvalue weighted by atomic mass is 16.6. The third kappa shape index (κ3) is 4.80. The van der Waals surface area contributed by atoms with Crippen LogP contribution in [0.4, 0.5) is 4.79 Å². The van der Waals surface area contributed by atoms with E-state index in [2.05, 4.69) is 0 Å². The second-order valence-electron chi connectivity index (χ2n) is 5.48. The van der Waals surface area contributed by atoms with Crippen LogP contribution in [0.2, 0.25) is 0 Å². The highest BCUT2D eigenvalue weighted by Crippen LogP contribution is 2.15. The van der Waals surface area contributed by atoms with Crippen LogP contribution in [-0.4, -0.2) is 60.1 Å². The van der Waals surface area contributed by atoms with Gasteiger partial charge in [-0.25, -0.2) is 4.79 Å².